The van der Waals surface area contributed by atoms with Crippen molar-refractivity contribution in [2.24, 2.45) is 7.05 Å². The minimum absolute atomic E-state index is 0.148. The maximum absolute atomic E-state index is 12.4. The van der Waals surface area contributed by atoms with Crippen LogP contribution in [0.3, 0.4) is 0 Å². The van der Waals surface area contributed by atoms with E-state index in [1.54, 1.807) is 4.57 Å². The molecule has 1 aliphatic heterocycles. The van der Waals surface area contributed by atoms with Crippen LogP contribution in [0, 0.1) is 0 Å². The maximum atomic E-state index is 12.4. The Morgan fingerprint density at radius 2 is 1.84 bits per heavy atom. The van der Waals surface area contributed by atoms with Crippen molar-refractivity contribution >= 4 is 11.9 Å². The molecule has 0 aromatic carbocycles. The molecule has 0 spiro atoms. The van der Waals surface area contributed by atoms with Gasteiger partial charge >= 0.3 is 0 Å². The molecule has 0 bridgehead atoms. The van der Waals surface area contributed by atoms with Crippen molar-refractivity contribution in [1.29, 1.82) is 0 Å². The molecule has 142 valence electrons. The Hall–Kier alpha value is -1.67. The van der Waals surface area contributed by atoms with Crippen LogP contribution in [0.15, 0.2) is 0 Å². The minimum Gasteiger partial charge on any atom is -0.380 e. The van der Waals surface area contributed by atoms with Gasteiger partial charge in [-0.05, 0) is 19.8 Å². The van der Waals surface area contributed by atoms with Crippen molar-refractivity contribution in [3.63, 3.8) is 0 Å². The Bertz CT molecular complexity index is 535. The standard InChI is InChI=1S/C17H32N6O2/c1-5-14(6-2)18-16(24)15-19-20-17(21(15)4)23-10-8-22(9-11-23)12-13-25-7-3/h14H,5-13H2,1-4H3,(H,18,24). The highest BCUT2D eigenvalue weighted by molar-refractivity contribution is 5.91. The van der Waals surface area contributed by atoms with Gasteiger partial charge in [-0.25, -0.2) is 0 Å². The lowest BCUT2D eigenvalue weighted by molar-refractivity contribution is 0.0920. The average molecular weight is 352 g/mol. The molecule has 0 saturated carbocycles. The van der Waals surface area contributed by atoms with Gasteiger partial charge in [0.2, 0.25) is 11.8 Å². The zero-order valence-electron chi connectivity index (χ0n) is 16.0. The first-order valence-corrected chi connectivity index (χ1v) is 9.35. The molecule has 0 unspecified atom stereocenters. The number of carbonyl (C=O) groups excluding carboxylic acids is 1. The molecule has 1 N–H and O–H groups in total. The number of rotatable bonds is 9. The summed E-state index contributed by atoms with van der Waals surface area (Å²) in [6.07, 6.45) is 1.83. The first-order chi connectivity index (χ1) is 12.1. The van der Waals surface area contributed by atoms with Crippen LogP contribution in [0.4, 0.5) is 5.95 Å². The van der Waals surface area contributed by atoms with Crippen molar-refractivity contribution in [2.75, 3.05) is 50.8 Å². The topological polar surface area (TPSA) is 75.5 Å². The number of hydrogen-bond donors (Lipinski definition) is 1. The number of anilines is 1. The highest BCUT2D eigenvalue weighted by atomic mass is 16.5. The summed E-state index contributed by atoms with van der Waals surface area (Å²) in [4.78, 5) is 17.0. The third-order valence-corrected chi connectivity index (χ3v) is 4.79. The van der Waals surface area contributed by atoms with Crippen LogP contribution in [0.1, 0.15) is 44.2 Å². The van der Waals surface area contributed by atoms with E-state index in [4.69, 9.17) is 4.74 Å². The molecule has 8 heteroatoms. The predicted molar refractivity (Wildman–Crippen MR) is 98.0 cm³/mol. The van der Waals surface area contributed by atoms with Gasteiger partial charge in [0.25, 0.3) is 5.91 Å². The highest BCUT2D eigenvalue weighted by Gasteiger charge is 2.24. The van der Waals surface area contributed by atoms with Crippen molar-refractivity contribution in [1.82, 2.24) is 25.0 Å². The average Bonchev–Trinajstić information content (AvgIpc) is 3.02. The molecule has 0 atom stereocenters. The number of nitrogens with one attached hydrogen (secondary N) is 1. The molecule has 8 nitrogen and oxygen atoms in total. The van der Waals surface area contributed by atoms with Crippen LogP contribution in [0.2, 0.25) is 0 Å². The Morgan fingerprint density at radius 3 is 2.44 bits per heavy atom. The molecule has 1 aromatic heterocycles. The van der Waals surface area contributed by atoms with Gasteiger partial charge in [0, 0.05) is 52.4 Å². The number of amides is 1. The Labute approximate surface area is 150 Å². The Morgan fingerprint density at radius 1 is 1.16 bits per heavy atom. The van der Waals surface area contributed by atoms with E-state index < -0.39 is 0 Å². The third kappa shape index (κ3) is 5.15. The van der Waals surface area contributed by atoms with E-state index in [9.17, 15) is 4.79 Å². The molecular formula is C17H32N6O2. The third-order valence-electron chi connectivity index (χ3n) is 4.79. The normalized spacial score (nSPS) is 15.8. The number of carbonyl (C=O) groups is 1. The van der Waals surface area contributed by atoms with Crippen molar-refractivity contribution in [2.45, 2.75) is 39.7 Å². The summed E-state index contributed by atoms with van der Waals surface area (Å²) in [5.74, 6) is 0.991. The summed E-state index contributed by atoms with van der Waals surface area (Å²) in [5, 5.41) is 11.4. The summed E-state index contributed by atoms with van der Waals surface area (Å²) in [7, 11) is 1.86. The summed E-state index contributed by atoms with van der Waals surface area (Å²) in [5.41, 5.74) is 0. The van der Waals surface area contributed by atoms with E-state index in [1.807, 2.05) is 14.0 Å². The Balaban J connectivity index is 1.92. The predicted octanol–water partition coefficient (Wildman–Crippen LogP) is 0.892. The number of piperazine rings is 1. The molecule has 1 amide bonds. The van der Waals surface area contributed by atoms with Crippen molar-refractivity contribution in [3.8, 4) is 0 Å². The van der Waals surface area contributed by atoms with Gasteiger partial charge in [-0.2, -0.15) is 0 Å². The van der Waals surface area contributed by atoms with Gasteiger partial charge in [-0.1, -0.05) is 13.8 Å². The minimum atomic E-state index is -0.148. The van der Waals surface area contributed by atoms with Gasteiger partial charge in [-0.3, -0.25) is 14.3 Å². The fourth-order valence-electron chi connectivity index (χ4n) is 3.05. The van der Waals surface area contributed by atoms with Crippen LogP contribution in [0.5, 0.6) is 0 Å². The summed E-state index contributed by atoms with van der Waals surface area (Å²) < 4.78 is 7.22. The molecular weight excluding hydrogens is 320 g/mol. The quantitative estimate of drug-likeness (QED) is 0.665. The maximum Gasteiger partial charge on any atom is 0.289 e. The molecule has 0 aliphatic carbocycles. The van der Waals surface area contributed by atoms with Crippen LogP contribution >= 0.6 is 0 Å². The molecule has 1 aliphatic rings. The molecule has 2 rings (SSSR count). The SMILES string of the molecule is CCOCCN1CCN(c2nnc(C(=O)NC(CC)CC)n2C)CC1. The van der Waals surface area contributed by atoms with Crippen molar-refractivity contribution < 1.29 is 9.53 Å². The lowest BCUT2D eigenvalue weighted by atomic mass is 10.2. The van der Waals surface area contributed by atoms with E-state index in [-0.39, 0.29) is 11.9 Å². The second-order valence-corrected chi connectivity index (χ2v) is 6.40. The van der Waals surface area contributed by atoms with E-state index in [1.165, 1.54) is 0 Å². The van der Waals surface area contributed by atoms with E-state index in [2.05, 4.69) is 39.2 Å². The van der Waals surface area contributed by atoms with Gasteiger partial charge in [0.15, 0.2) is 0 Å². The number of hydrogen-bond acceptors (Lipinski definition) is 6. The Kier molecular flexibility index (Phi) is 7.64. The zero-order chi connectivity index (χ0) is 18.2. The van der Waals surface area contributed by atoms with Gasteiger partial charge < -0.3 is 15.0 Å². The largest absolute Gasteiger partial charge is 0.380 e. The van der Waals surface area contributed by atoms with Crippen LogP contribution < -0.4 is 10.2 Å². The number of nitrogens with zero attached hydrogens (tertiary/aromatic N) is 5. The number of aromatic nitrogens is 3. The second-order valence-electron chi connectivity index (χ2n) is 6.40. The summed E-state index contributed by atoms with van der Waals surface area (Å²) >= 11 is 0. The van der Waals surface area contributed by atoms with E-state index in [0.29, 0.717) is 5.82 Å². The van der Waals surface area contributed by atoms with Gasteiger partial charge in [0.1, 0.15) is 0 Å². The smallest absolute Gasteiger partial charge is 0.289 e. The highest BCUT2D eigenvalue weighted by Crippen LogP contribution is 2.14. The van der Waals surface area contributed by atoms with E-state index in [0.717, 1.165) is 64.7 Å². The van der Waals surface area contributed by atoms with Gasteiger partial charge in [0.05, 0.1) is 6.61 Å². The molecule has 1 fully saturated rings. The lowest BCUT2D eigenvalue weighted by Crippen LogP contribution is -2.48. The zero-order valence-corrected chi connectivity index (χ0v) is 16.0. The molecule has 1 saturated heterocycles. The monoisotopic (exact) mass is 352 g/mol. The fourth-order valence-corrected chi connectivity index (χ4v) is 3.05. The van der Waals surface area contributed by atoms with Crippen LogP contribution in [0.25, 0.3) is 0 Å². The van der Waals surface area contributed by atoms with E-state index >= 15 is 0 Å². The van der Waals surface area contributed by atoms with Crippen LogP contribution in [-0.4, -0.2) is 77.6 Å². The van der Waals surface area contributed by atoms with Crippen LogP contribution in [-0.2, 0) is 11.8 Å². The fraction of sp³-hybridized carbons (Fsp3) is 0.824. The lowest BCUT2D eigenvalue weighted by Gasteiger charge is -2.34. The molecule has 2 heterocycles. The van der Waals surface area contributed by atoms with Crippen molar-refractivity contribution in [3.05, 3.63) is 5.82 Å². The molecule has 1 aromatic rings. The first-order valence-electron chi connectivity index (χ1n) is 9.35. The molecule has 25 heavy (non-hydrogen) atoms. The molecule has 0 radical (unpaired) electrons. The van der Waals surface area contributed by atoms with Gasteiger partial charge in [-0.15, -0.1) is 10.2 Å². The number of ether oxygens (including phenoxy) is 1. The summed E-state index contributed by atoms with van der Waals surface area (Å²) in [6, 6.07) is 0.182. The summed E-state index contributed by atoms with van der Waals surface area (Å²) in [6.45, 7) is 12.4. The first kappa shape index (κ1) is 19.7. The second kappa shape index (κ2) is 9.72.